The molecule has 0 aliphatic heterocycles. The number of anilines is 1. The number of hydrogen-bond acceptors (Lipinski definition) is 3. The number of aromatic nitrogens is 1. The van der Waals surface area contributed by atoms with E-state index in [-0.39, 0.29) is 5.41 Å². The molecular formula is C15H26N2O. The van der Waals surface area contributed by atoms with Gasteiger partial charge in [0.15, 0.2) is 0 Å². The zero-order valence-electron chi connectivity index (χ0n) is 12.1. The minimum Gasteiger partial charge on any atom is -0.396 e. The number of hydrogen-bond donors (Lipinski definition) is 1. The molecule has 0 amide bonds. The van der Waals surface area contributed by atoms with Crippen LogP contribution in [0.1, 0.15) is 45.6 Å². The molecular weight excluding hydrogens is 224 g/mol. The summed E-state index contributed by atoms with van der Waals surface area (Å²) in [5.41, 5.74) is 1.42. The second kappa shape index (κ2) is 6.74. The first kappa shape index (κ1) is 15.0. The van der Waals surface area contributed by atoms with Crippen LogP contribution in [0.4, 0.5) is 5.82 Å². The van der Waals surface area contributed by atoms with Crippen molar-refractivity contribution in [2.45, 2.75) is 45.4 Å². The lowest BCUT2D eigenvalue weighted by molar-refractivity contribution is 0.283. The van der Waals surface area contributed by atoms with E-state index in [9.17, 15) is 0 Å². The topological polar surface area (TPSA) is 36.4 Å². The van der Waals surface area contributed by atoms with Crippen molar-refractivity contribution in [2.75, 3.05) is 25.1 Å². The molecule has 0 saturated carbocycles. The molecule has 0 saturated heterocycles. The zero-order valence-corrected chi connectivity index (χ0v) is 12.1. The second-order valence-corrected chi connectivity index (χ2v) is 5.86. The maximum absolute atomic E-state index is 8.73. The highest BCUT2D eigenvalue weighted by atomic mass is 16.2. The van der Waals surface area contributed by atoms with Crippen LogP contribution in [0, 0.1) is 0 Å². The van der Waals surface area contributed by atoms with Gasteiger partial charge in [-0.15, -0.1) is 0 Å². The van der Waals surface area contributed by atoms with E-state index in [0.29, 0.717) is 6.61 Å². The smallest absolute Gasteiger partial charge is 0.128 e. The normalized spacial score (nSPS) is 11.6. The zero-order chi connectivity index (χ0) is 13.6. The van der Waals surface area contributed by atoms with E-state index < -0.39 is 0 Å². The predicted octanol–water partition coefficient (Wildman–Crippen LogP) is 2.98. The number of nitrogens with zero attached hydrogens (tertiary/aromatic N) is 2. The summed E-state index contributed by atoms with van der Waals surface area (Å²) in [7, 11) is 2.07. The average molecular weight is 250 g/mol. The van der Waals surface area contributed by atoms with Gasteiger partial charge >= 0.3 is 0 Å². The Morgan fingerprint density at radius 1 is 1.17 bits per heavy atom. The summed E-state index contributed by atoms with van der Waals surface area (Å²) in [5.74, 6) is 1.02. The van der Waals surface area contributed by atoms with Crippen LogP contribution in [0.15, 0.2) is 18.3 Å². The van der Waals surface area contributed by atoms with E-state index in [0.717, 1.165) is 31.6 Å². The largest absolute Gasteiger partial charge is 0.396 e. The van der Waals surface area contributed by atoms with Gasteiger partial charge in [-0.3, -0.25) is 0 Å². The molecule has 1 aromatic heterocycles. The maximum Gasteiger partial charge on any atom is 0.128 e. The van der Waals surface area contributed by atoms with Crippen molar-refractivity contribution in [3.8, 4) is 0 Å². The molecule has 0 aromatic carbocycles. The number of rotatable bonds is 6. The van der Waals surface area contributed by atoms with Gasteiger partial charge in [-0.1, -0.05) is 26.8 Å². The van der Waals surface area contributed by atoms with Gasteiger partial charge in [-0.05, 0) is 36.3 Å². The first-order chi connectivity index (χ1) is 8.45. The fourth-order valence-electron chi connectivity index (χ4n) is 1.81. The Morgan fingerprint density at radius 2 is 1.89 bits per heavy atom. The Kier molecular flexibility index (Phi) is 5.60. The molecule has 1 heterocycles. The van der Waals surface area contributed by atoms with Crippen molar-refractivity contribution < 1.29 is 5.11 Å². The molecule has 0 bridgehead atoms. The molecule has 18 heavy (non-hydrogen) atoms. The van der Waals surface area contributed by atoms with Crippen molar-refractivity contribution in [1.82, 2.24) is 4.98 Å². The summed E-state index contributed by atoms with van der Waals surface area (Å²) in [6.07, 6.45) is 5.03. The summed E-state index contributed by atoms with van der Waals surface area (Å²) in [5, 5.41) is 8.73. The van der Waals surface area contributed by atoms with Gasteiger partial charge in [0.1, 0.15) is 5.82 Å². The van der Waals surface area contributed by atoms with E-state index in [2.05, 4.69) is 49.8 Å². The third kappa shape index (κ3) is 4.65. The summed E-state index contributed by atoms with van der Waals surface area (Å²) in [6.45, 7) is 7.87. The standard InChI is InChI=1S/C15H26N2O/c1-15(2,3)13-8-9-14(16-12-13)17(4)10-6-5-7-11-18/h8-9,12,18H,5-7,10-11H2,1-4H3. The van der Waals surface area contributed by atoms with Crippen LogP contribution in [0.3, 0.4) is 0 Å². The van der Waals surface area contributed by atoms with Gasteiger partial charge < -0.3 is 10.0 Å². The molecule has 0 atom stereocenters. The van der Waals surface area contributed by atoms with Crippen molar-refractivity contribution in [3.05, 3.63) is 23.9 Å². The van der Waals surface area contributed by atoms with Gasteiger partial charge in [0.05, 0.1) is 0 Å². The van der Waals surface area contributed by atoms with Gasteiger partial charge in [0.25, 0.3) is 0 Å². The summed E-state index contributed by atoms with van der Waals surface area (Å²) < 4.78 is 0. The third-order valence-corrected chi connectivity index (χ3v) is 3.16. The number of aliphatic hydroxyl groups is 1. The highest BCUT2D eigenvalue weighted by Gasteiger charge is 2.14. The molecule has 102 valence electrons. The molecule has 3 nitrogen and oxygen atoms in total. The lowest BCUT2D eigenvalue weighted by atomic mass is 9.88. The quantitative estimate of drug-likeness (QED) is 0.789. The number of pyridine rings is 1. The van der Waals surface area contributed by atoms with Crippen LogP contribution in [0.5, 0.6) is 0 Å². The monoisotopic (exact) mass is 250 g/mol. The fourth-order valence-corrected chi connectivity index (χ4v) is 1.81. The van der Waals surface area contributed by atoms with Gasteiger partial charge in [0.2, 0.25) is 0 Å². The van der Waals surface area contributed by atoms with E-state index in [1.807, 2.05) is 6.20 Å². The fraction of sp³-hybridized carbons (Fsp3) is 0.667. The first-order valence-corrected chi connectivity index (χ1v) is 6.73. The van der Waals surface area contributed by atoms with Gasteiger partial charge in [-0.2, -0.15) is 0 Å². The van der Waals surface area contributed by atoms with Crippen molar-refractivity contribution in [2.24, 2.45) is 0 Å². The molecule has 0 unspecified atom stereocenters. The van der Waals surface area contributed by atoms with Gasteiger partial charge in [-0.25, -0.2) is 4.98 Å². The van der Waals surface area contributed by atoms with Crippen molar-refractivity contribution in [3.63, 3.8) is 0 Å². The van der Waals surface area contributed by atoms with E-state index in [1.54, 1.807) is 0 Å². The van der Waals surface area contributed by atoms with E-state index in [4.69, 9.17) is 5.11 Å². The first-order valence-electron chi connectivity index (χ1n) is 6.73. The van der Waals surface area contributed by atoms with Crippen LogP contribution in [0.25, 0.3) is 0 Å². The molecule has 0 fully saturated rings. The lowest BCUT2D eigenvalue weighted by Crippen LogP contribution is -2.20. The van der Waals surface area contributed by atoms with Crippen LogP contribution < -0.4 is 4.90 Å². The Labute approximate surface area is 111 Å². The molecule has 0 radical (unpaired) electrons. The van der Waals surface area contributed by atoms with Crippen LogP contribution in [0.2, 0.25) is 0 Å². The Balaban J connectivity index is 2.51. The van der Waals surface area contributed by atoms with E-state index >= 15 is 0 Å². The lowest BCUT2D eigenvalue weighted by Gasteiger charge is -2.21. The Morgan fingerprint density at radius 3 is 2.39 bits per heavy atom. The maximum atomic E-state index is 8.73. The summed E-state index contributed by atoms with van der Waals surface area (Å²) in [6, 6.07) is 4.25. The SMILES string of the molecule is CN(CCCCCO)c1ccc(C(C)(C)C)cn1. The summed E-state index contributed by atoms with van der Waals surface area (Å²) in [4.78, 5) is 6.69. The molecule has 0 aliphatic rings. The van der Waals surface area contributed by atoms with Crippen molar-refractivity contribution in [1.29, 1.82) is 0 Å². The molecule has 1 rings (SSSR count). The van der Waals surface area contributed by atoms with Crippen molar-refractivity contribution >= 4 is 5.82 Å². The molecule has 1 N–H and O–H groups in total. The minimum atomic E-state index is 0.158. The van der Waals surface area contributed by atoms with Crippen LogP contribution >= 0.6 is 0 Å². The molecule has 3 heteroatoms. The summed E-state index contributed by atoms with van der Waals surface area (Å²) >= 11 is 0. The minimum absolute atomic E-state index is 0.158. The molecule has 1 aromatic rings. The number of unbranched alkanes of at least 4 members (excludes halogenated alkanes) is 2. The van der Waals surface area contributed by atoms with E-state index in [1.165, 1.54) is 5.56 Å². The molecule has 0 spiro atoms. The Hall–Kier alpha value is -1.09. The van der Waals surface area contributed by atoms with Crippen LogP contribution in [-0.2, 0) is 5.41 Å². The highest BCUT2D eigenvalue weighted by molar-refractivity contribution is 5.39. The molecule has 0 aliphatic carbocycles. The second-order valence-electron chi connectivity index (χ2n) is 5.86. The number of aliphatic hydroxyl groups excluding tert-OH is 1. The predicted molar refractivity (Wildman–Crippen MR) is 77.1 cm³/mol. The Bertz CT molecular complexity index is 341. The van der Waals surface area contributed by atoms with Crippen LogP contribution in [-0.4, -0.2) is 30.3 Å². The third-order valence-electron chi connectivity index (χ3n) is 3.16. The highest BCUT2D eigenvalue weighted by Crippen LogP contribution is 2.22. The van der Waals surface area contributed by atoms with Gasteiger partial charge in [0, 0.05) is 26.4 Å². The average Bonchev–Trinajstić information content (AvgIpc) is 2.33.